The minimum Gasteiger partial charge on any atom is -0.448 e. The number of amides is 2. The molecule has 4 aromatic rings. The lowest BCUT2D eigenvalue weighted by atomic mass is 10.0. The molecule has 14 heteroatoms. The molecule has 2 aliphatic rings. The molecule has 4 N–H and O–H groups in total. The van der Waals surface area contributed by atoms with Crippen LogP contribution in [0.25, 0.3) is 11.0 Å². The number of hydrogen-bond acceptors (Lipinski definition) is 10. The molecule has 1 unspecified atom stereocenters. The minimum atomic E-state index is -0.812. The molecule has 2 aliphatic heterocycles. The monoisotopic (exact) mass is 607 g/mol. The summed E-state index contributed by atoms with van der Waals surface area (Å²) in [7, 11) is 0. The second kappa shape index (κ2) is 11.4. The molecule has 4 heterocycles. The van der Waals surface area contributed by atoms with Crippen molar-refractivity contribution in [3.05, 3.63) is 88.6 Å². The van der Waals surface area contributed by atoms with E-state index in [9.17, 15) is 14.4 Å². The van der Waals surface area contributed by atoms with E-state index in [1.165, 1.54) is 22.9 Å². The van der Waals surface area contributed by atoms with Crippen LogP contribution < -0.4 is 11.1 Å². The predicted molar refractivity (Wildman–Crippen MR) is 156 cm³/mol. The maximum absolute atomic E-state index is 14.0. The van der Waals surface area contributed by atoms with Crippen molar-refractivity contribution < 1.29 is 19.1 Å². The Hall–Kier alpha value is -4.07. The third-order valence-electron chi connectivity index (χ3n) is 6.53. The number of esters is 1. The number of hydrogen-bond donors (Lipinski definition) is 3. The smallest absolute Gasteiger partial charge is 0.356 e. The van der Waals surface area contributed by atoms with E-state index in [0.717, 1.165) is 22.9 Å². The highest BCUT2D eigenvalue weighted by Gasteiger charge is 2.55. The van der Waals surface area contributed by atoms with Crippen molar-refractivity contribution in [3.8, 4) is 0 Å². The molecule has 0 spiro atoms. The Bertz CT molecular complexity index is 1630. The van der Waals surface area contributed by atoms with Crippen LogP contribution in [0.4, 0.5) is 5.82 Å². The number of benzene rings is 2. The van der Waals surface area contributed by atoms with Crippen molar-refractivity contribution in [2.75, 3.05) is 17.4 Å². The molecule has 2 aromatic carbocycles. The van der Waals surface area contributed by atoms with Crippen molar-refractivity contribution in [1.82, 2.24) is 30.4 Å². The number of aromatic amines is 1. The summed E-state index contributed by atoms with van der Waals surface area (Å²) in [5.74, 6) is -1.31. The summed E-state index contributed by atoms with van der Waals surface area (Å²) in [5, 5.41) is 9.72. The van der Waals surface area contributed by atoms with Gasteiger partial charge in [0.15, 0.2) is 16.9 Å². The van der Waals surface area contributed by atoms with Crippen LogP contribution in [0.1, 0.15) is 17.2 Å². The van der Waals surface area contributed by atoms with Gasteiger partial charge in [-0.1, -0.05) is 72.4 Å². The Labute approximate surface area is 247 Å². The van der Waals surface area contributed by atoms with E-state index in [1.807, 2.05) is 60.7 Å². The highest BCUT2D eigenvalue weighted by Crippen LogP contribution is 2.45. The number of ether oxygens (including phenoxy) is 1. The molecule has 2 amide bonds. The van der Waals surface area contributed by atoms with Crippen LogP contribution in [0.3, 0.4) is 0 Å². The van der Waals surface area contributed by atoms with Crippen LogP contribution in [-0.4, -0.2) is 65.9 Å². The van der Waals surface area contributed by atoms with E-state index in [1.54, 1.807) is 0 Å². The molecule has 1 fully saturated rings. The van der Waals surface area contributed by atoms with Gasteiger partial charge in [-0.3, -0.25) is 19.6 Å². The number of nitrogens with one attached hydrogen (secondary N) is 2. The van der Waals surface area contributed by atoms with Crippen LogP contribution in [-0.2, 0) is 19.1 Å². The molecule has 0 aliphatic carbocycles. The van der Waals surface area contributed by atoms with Gasteiger partial charge < -0.3 is 15.8 Å². The predicted octanol–water partition coefficient (Wildman–Crippen LogP) is 3.21. The number of carbonyl (C=O) groups is 3. The zero-order valence-electron chi connectivity index (χ0n) is 21.2. The van der Waals surface area contributed by atoms with Gasteiger partial charge in [0.05, 0.1) is 11.6 Å². The number of aromatic nitrogens is 4. The van der Waals surface area contributed by atoms with Gasteiger partial charge in [-0.15, -0.1) is 23.4 Å². The molecule has 0 radical (unpaired) electrons. The van der Waals surface area contributed by atoms with Crippen molar-refractivity contribution in [1.29, 1.82) is 0 Å². The summed E-state index contributed by atoms with van der Waals surface area (Å²) in [4.78, 5) is 50.0. The molecular formula is C27H22ClN7O4S2. The maximum atomic E-state index is 14.0. The second-order valence-electron chi connectivity index (χ2n) is 9.09. The van der Waals surface area contributed by atoms with Gasteiger partial charge in [-0.25, -0.2) is 14.8 Å². The Morgan fingerprint density at radius 1 is 1.15 bits per heavy atom. The van der Waals surface area contributed by atoms with Crippen LogP contribution in [0.15, 0.2) is 82.6 Å². The first-order valence-electron chi connectivity index (χ1n) is 12.4. The number of anilines is 1. The number of thioether (sulfide) groups is 2. The van der Waals surface area contributed by atoms with Crippen molar-refractivity contribution in [2.45, 2.75) is 22.7 Å². The number of alkyl halides is 1. The van der Waals surface area contributed by atoms with E-state index in [-0.39, 0.29) is 22.6 Å². The lowest BCUT2D eigenvalue weighted by Gasteiger charge is -2.49. The molecule has 0 bridgehead atoms. The number of halogens is 1. The molecule has 208 valence electrons. The standard InChI is InChI=1S/C27H22ClN7O4S2/c28-11-18(36)31-19-24(37)35-20(26(38)39-21(14-7-3-1-4-8-14)15-9-5-2-6-10-15)17(13-40-25(19)35)41-27-32-22(29)16-12-30-34-23(16)33-27/h1-10,12,19,21,25H,11,13H2,(H,31,36)(H3,29,30,32,33,34)/t19?,25-/m1/s1. The van der Waals surface area contributed by atoms with Gasteiger partial charge in [0.25, 0.3) is 5.91 Å². The van der Waals surface area contributed by atoms with E-state index in [4.69, 9.17) is 22.1 Å². The highest BCUT2D eigenvalue weighted by molar-refractivity contribution is 8.06. The summed E-state index contributed by atoms with van der Waals surface area (Å²) < 4.78 is 6.15. The van der Waals surface area contributed by atoms with Crippen LogP contribution >= 0.6 is 35.1 Å². The zero-order valence-corrected chi connectivity index (χ0v) is 23.6. The molecule has 2 aromatic heterocycles. The fraction of sp³-hybridized carbons (Fsp3) is 0.185. The third kappa shape index (κ3) is 5.23. The number of nitrogens with zero attached hydrogens (tertiary/aromatic N) is 4. The van der Waals surface area contributed by atoms with Crippen molar-refractivity contribution in [3.63, 3.8) is 0 Å². The summed E-state index contributed by atoms with van der Waals surface area (Å²) in [6, 6.07) is 17.9. The van der Waals surface area contributed by atoms with E-state index in [2.05, 4.69) is 25.5 Å². The maximum Gasteiger partial charge on any atom is 0.356 e. The zero-order chi connectivity index (χ0) is 28.5. The number of H-pyrrole nitrogens is 1. The van der Waals surface area contributed by atoms with Gasteiger partial charge in [0.2, 0.25) is 5.91 Å². The highest BCUT2D eigenvalue weighted by atomic mass is 35.5. The normalized spacial score (nSPS) is 18.3. The van der Waals surface area contributed by atoms with Crippen LogP contribution in [0, 0.1) is 0 Å². The number of nitrogens with two attached hydrogens (primary N) is 1. The van der Waals surface area contributed by atoms with Crippen LogP contribution in [0.5, 0.6) is 0 Å². The number of fused-ring (bicyclic) bond motifs is 2. The second-order valence-corrected chi connectivity index (χ2v) is 11.5. The van der Waals surface area contributed by atoms with E-state index >= 15 is 0 Å². The molecule has 6 rings (SSSR count). The number of carbonyl (C=O) groups excluding carboxylic acids is 3. The fourth-order valence-corrected chi connectivity index (χ4v) is 7.10. The van der Waals surface area contributed by atoms with Crippen molar-refractivity contribution >= 4 is 69.8 Å². The number of rotatable bonds is 8. The van der Waals surface area contributed by atoms with Crippen molar-refractivity contribution in [2.24, 2.45) is 0 Å². The Morgan fingerprint density at radius 3 is 2.49 bits per heavy atom. The van der Waals surface area contributed by atoms with Crippen LogP contribution in [0.2, 0.25) is 0 Å². The first kappa shape index (κ1) is 27.1. The lowest BCUT2D eigenvalue weighted by Crippen LogP contribution is -2.70. The third-order valence-corrected chi connectivity index (χ3v) is 9.18. The van der Waals surface area contributed by atoms with Gasteiger partial charge in [0.1, 0.15) is 28.8 Å². The Morgan fingerprint density at radius 2 is 1.83 bits per heavy atom. The molecule has 2 atom stereocenters. The molecule has 0 saturated carbocycles. The molecular weight excluding hydrogens is 586 g/mol. The molecule has 41 heavy (non-hydrogen) atoms. The van der Waals surface area contributed by atoms with Gasteiger partial charge in [-0.05, 0) is 11.1 Å². The van der Waals surface area contributed by atoms with Gasteiger partial charge >= 0.3 is 5.97 Å². The Balaban J connectivity index is 1.38. The van der Waals surface area contributed by atoms with E-state index in [0.29, 0.717) is 21.7 Å². The fourth-order valence-electron chi connectivity index (χ4n) is 4.61. The summed E-state index contributed by atoms with van der Waals surface area (Å²) in [6.45, 7) is 0. The van der Waals surface area contributed by atoms with Gasteiger partial charge in [0, 0.05) is 10.7 Å². The minimum absolute atomic E-state index is 0.0730. The number of nitrogen functional groups attached to an aromatic ring is 1. The quantitative estimate of drug-likeness (QED) is 0.118. The summed E-state index contributed by atoms with van der Waals surface area (Å²) >= 11 is 8.17. The average molecular weight is 608 g/mol. The Kier molecular flexibility index (Phi) is 7.56. The SMILES string of the molecule is Nc1nc(SC2=C(C(=O)OC(c3ccccc3)c3ccccc3)N3C(=O)C(NC(=O)CCl)[C@H]3SC2)nc2[nH]ncc12. The average Bonchev–Trinajstić information content (AvgIpc) is 3.48. The number of β-lactam (4-membered cyclic amide) rings is 1. The first-order valence-corrected chi connectivity index (χ1v) is 14.8. The largest absolute Gasteiger partial charge is 0.448 e. The summed E-state index contributed by atoms with van der Waals surface area (Å²) in [6.07, 6.45) is 0.803. The molecule has 1 saturated heterocycles. The lowest BCUT2D eigenvalue weighted by molar-refractivity contribution is -0.154. The van der Waals surface area contributed by atoms with E-state index < -0.39 is 35.3 Å². The summed E-state index contributed by atoms with van der Waals surface area (Å²) in [5.41, 5.74) is 8.16. The first-order chi connectivity index (χ1) is 19.9. The topological polar surface area (TPSA) is 156 Å². The molecule has 11 nitrogen and oxygen atoms in total. The van der Waals surface area contributed by atoms with Gasteiger partial charge in [-0.2, -0.15) is 5.10 Å².